The number of morpholine rings is 1. The van der Waals surface area contributed by atoms with Crippen molar-refractivity contribution in [2.45, 2.75) is 12.3 Å². The van der Waals surface area contributed by atoms with E-state index >= 15 is 0 Å². The molecule has 0 aromatic carbocycles. The highest BCUT2D eigenvalue weighted by Crippen LogP contribution is 2.23. The van der Waals surface area contributed by atoms with Crippen molar-refractivity contribution in [3.8, 4) is 0 Å². The Balaban J connectivity index is 2.30. The van der Waals surface area contributed by atoms with Crippen molar-refractivity contribution in [1.29, 1.82) is 0 Å². The Morgan fingerprint density at radius 2 is 1.77 bits per heavy atom. The summed E-state index contributed by atoms with van der Waals surface area (Å²) >= 11 is 0. The number of alkyl halides is 4. The van der Waals surface area contributed by atoms with Gasteiger partial charge in [-0.3, -0.25) is 4.90 Å². The van der Waals surface area contributed by atoms with Gasteiger partial charge in [0.05, 0.1) is 13.2 Å². The summed E-state index contributed by atoms with van der Waals surface area (Å²) in [6, 6.07) is 0. The molecule has 1 saturated heterocycles. The standard InChI is InChI=1S/C7H11F4NO/c8-6(7(9,10)11)5-12-1-3-13-4-2-12/h6H,1-5H2. The Bertz CT molecular complexity index is 155. The largest absolute Gasteiger partial charge is 0.420 e. The van der Waals surface area contributed by atoms with Crippen molar-refractivity contribution in [2.75, 3.05) is 32.8 Å². The average molecular weight is 201 g/mol. The van der Waals surface area contributed by atoms with E-state index in [1.165, 1.54) is 4.90 Å². The highest BCUT2D eigenvalue weighted by molar-refractivity contribution is 4.72. The second kappa shape index (κ2) is 4.23. The van der Waals surface area contributed by atoms with Gasteiger partial charge in [0.25, 0.3) is 0 Å². The van der Waals surface area contributed by atoms with Gasteiger partial charge in [-0.05, 0) is 0 Å². The molecule has 1 atom stereocenters. The minimum absolute atomic E-state index is 0.372. The summed E-state index contributed by atoms with van der Waals surface area (Å²) in [6.45, 7) is 0.926. The van der Waals surface area contributed by atoms with Gasteiger partial charge in [-0.25, -0.2) is 4.39 Å². The van der Waals surface area contributed by atoms with Crippen molar-refractivity contribution in [3.05, 3.63) is 0 Å². The topological polar surface area (TPSA) is 12.5 Å². The first-order chi connectivity index (χ1) is 6.00. The third-order valence-corrected chi connectivity index (χ3v) is 1.88. The van der Waals surface area contributed by atoms with Gasteiger partial charge in [0.1, 0.15) is 0 Å². The molecule has 0 aliphatic carbocycles. The second-order valence-electron chi connectivity index (χ2n) is 2.92. The van der Waals surface area contributed by atoms with E-state index in [1.54, 1.807) is 0 Å². The minimum Gasteiger partial charge on any atom is -0.379 e. The van der Waals surface area contributed by atoms with Crippen LogP contribution in [0, 0.1) is 0 Å². The van der Waals surface area contributed by atoms with E-state index < -0.39 is 18.9 Å². The van der Waals surface area contributed by atoms with Gasteiger partial charge in [-0.2, -0.15) is 13.2 Å². The van der Waals surface area contributed by atoms with Crippen LogP contribution in [0.4, 0.5) is 17.6 Å². The molecule has 0 bridgehead atoms. The molecular weight excluding hydrogens is 190 g/mol. The number of hydrogen-bond acceptors (Lipinski definition) is 2. The lowest BCUT2D eigenvalue weighted by molar-refractivity contribution is -0.186. The maximum absolute atomic E-state index is 12.5. The van der Waals surface area contributed by atoms with E-state index in [0.29, 0.717) is 26.3 Å². The zero-order valence-electron chi connectivity index (χ0n) is 6.98. The summed E-state index contributed by atoms with van der Waals surface area (Å²) < 4.78 is 52.7. The summed E-state index contributed by atoms with van der Waals surface area (Å²) in [5.41, 5.74) is 0. The fourth-order valence-electron chi connectivity index (χ4n) is 1.11. The van der Waals surface area contributed by atoms with Gasteiger partial charge in [-0.15, -0.1) is 0 Å². The van der Waals surface area contributed by atoms with E-state index in [2.05, 4.69) is 0 Å². The average Bonchev–Trinajstić information content (AvgIpc) is 2.04. The lowest BCUT2D eigenvalue weighted by Crippen LogP contribution is -2.43. The van der Waals surface area contributed by atoms with Crippen molar-refractivity contribution >= 4 is 0 Å². The monoisotopic (exact) mass is 201 g/mol. The molecule has 1 aliphatic heterocycles. The molecule has 0 aromatic heterocycles. The Labute approximate surface area is 73.5 Å². The summed E-state index contributed by atoms with van der Waals surface area (Å²) in [7, 11) is 0. The third kappa shape index (κ3) is 3.48. The van der Waals surface area contributed by atoms with Gasteiger partial charge in [-0.1, -0.05) is 0 Å². The van der Waals surface area contributed by atoms with Crippen LogP contribution in [0.15, 0.2) is 0 Å². The molecule has 0 radical (unpaired) electrons. The van der Waals surface area contributed by atoms with Crippen molar-refractivity contribution in [3.63, 3.8) is 0 Å². The van der Waals surface area contributed by atoms with E-state index in [1.807, 2.05) is 0 Å². The van der Waals surface area contributed by atoms with Crippen molar-refractivity contribution in [2.24, 2.45) is 0 Å². The summed E-state index contributed by atoms with van der Waals surface area (Å²) in [5.74, 6) is 0. The number of nitrogens with zero attached hydrogens (tertiary/aromatic N) is 1. The molecule has 2 nitrogen and oxygen atoms in total. The molecule has 0 amide bonds. The van der Waals surface area contributed by atoms with Crippen LogP contribution in [0.5, 0.6) is 0 Å². The van der Waals surface area contributed by atoms with Crippen LogP contribution in [0.25, 0.3) is 0 Å². The smallest absolute Gasteiger partial charge is 0.379 e. The fraction of sp³-hybridized carbons (Fsp3) is 1.00. The Hall–Kier alpha value is -0.360. The van der Waals surface area contributed by atoms with Crippen LogP contribution in [0.3, 0.4) is 0 Å². The first-order valence-electron chi connectivity index (χ1n) is 4.01. The molecule has 1 aliphatic rings. The SMILES string of the molecule is FC(CN1CCOCC1)C(F)(F)F. The molecule has 1 unspecified atom stereocenters. The van der Waals surface area contributed by atoms with Crippen LogP contribution < -0.4 is 0 Å². The molecule has 13 heavy (non-hydrogen) atoms. The van der Waals surface area contributed by atoms with E-state index in [4.69, 9.17) is 4.74 Å². The Morgan fingerprint density at radius 3 is 2.23 bits per heavy atom. The summed E-state index contributed by atoms with van der Waals surface area (Å²) in [6.07, 6.45) is -7.48. The van der Waals surface area contributed by atoms with Gasteiger partial charge in [0, 0.05) is 19.6 Å². The maximum atomic E-state index is 12.5. The highest BCUT2D eigenvalue weighted by atomic mass is 19.4. The predicted molar refractivity (Wildman–Crippen MR) is 38.2 cm³/mol. The van der Waals surface area contributed by atoms with Gasteiger partial charge in [0.2, 0.25) is 6.17 Å². The van der Waals surface area contributed by atoms with Crippen LogP contribution in [-0.4, -0.2) is 50.1 Å². The molecule has 1 heterocycles. The molecule has 0 spiro atoms. The molecule has 6 heteroatoms. The van der Waals surface area contributed by atoms with E-state index in [0.717, 1.165) is 0 Å². The highest BCUT2D eigenvalue weighted by Gasteiger charge is 2.41. The number of rotatable bonds is 2. The van der Waals surface area contributed by atoms with E-state index in [-0.39, 0.29) is 0 Å². The third-order valence-electron chi connectivity index (χ3n) is 1.88. The summed E-state index contributed by atoms with van der Waals surface area (Å²) in [5, 5.41) is 0. The fourth-order valence-corrected chi connectivity index (χ4v) is 1.11. The molecule has 1 fully saturated rings. The number of ether oxygens (including phenoxy) is 1. The van der Waals surface area contributed by atoms with Crippen molar-refractivity contribution < 1.29 is 22.3 Å². The van der Waals surface area contributed by atoms with Gasteiger partial charge < -0.3 is 4.74 Å². The number of hydrogen-bond donors (Lipinski definition) is 0. The zero-order chi connectivity index (χ0) is 9.90. The molecule has 78 valence electrons. The molecule has 0 saturated carbocycles. The van der Waals surface area contributed by atoms with Crippen molar-refractivity contribution in [1.82, 2.24) is 4.90 Å². The lowest BCUT2D eigenvalue weighted by atomic mass is 10.3. The van der Waals surface area contributed by atoms with Gasteiger partial charge in [0.15, 0.2) is 0 Å². The van der Waals surface area contributed by atoms with Crippen LogP contribution >= 0.6 is 0 Å². The quantitative estimate of drug-likeness (QED) is 0.623. The molecule has 0 aromatic rings. The van der Waals surface area contributed by atoms with Crippen LogP contribution in [0.1, 0.15) is 0 Å². The predicted octanol–water partition coefficient (Wildman–Crippen LogP) is 1.22. The number of halogens is 4. The van der Waals surface area contributed by atoms with Crippen LogP contribution in [-0.2, 0) is 4.74 Å². The zero-order valence-corrected chi connectivity index (χ0v) is 6.98. The lowest BCUT2D eigenvalue weighted by Gasteiger charge is -2.28. The minimum atomic E-state index is -4.74. The Kier molecular flexibility index (Phi) is 3.49. The van der Waals surface area contributed by atoms with Gasteiger partial charge >= 0.3 is 6.18 Å². The normalized spacial score (nSPS) is 23.1. The van der Waals surface area contributed by atoms with E-state index in [9.17, 15) is 17.6 Å². The molecule has 1 rings (SSSR count). The first kappa shape index (κ1) is 10.7. The second-order valence-corrected chi connectivity index (χ2v) is 2.92. The maximum Gasteiger partial charge on any atom is 0.420 e. The summed E-state index contributed by atoms with van der Waals surface area (Å²) in [4.78, 5) is 1.42. The molecular formula is C7H11F4NO. The molecule has 0 N–H and O–H groups in total. The Morgan fingerprint density at radius 1 is 1.23 bits per heavy atom. The first-order valence-corrected chi connectivity index (χ1v) is 4.01. The van der Waals surface area contributed by atoms with Crippen LogP contribution in [0.2, 0.25) is 0 Å².